The van der Waals surface area contributed by atoms with Crippen LogP contribution in [0, 0.1) is 0 Å². The van der Waals surface area contributed by atoms with Crippen molar-refractivity contribution >= 4 is 129 Å². The molecule has 0 unspecified atom stereocenters. The molecular formula is C132H86. The van der Waals surface area contributed by atoms with Gasteiger partial charge in [-0.25, -0.2) is 0 Å². The summed E-state index contributed by atoms with van der Waals surface area (Å²) in [5.74, 6) is 0. The summed E-state index contributed by atoms with van der Waals surface area (Å²) >= 11 is 0. The summed E-state index contributed by atoms with van der Waals surface area (Å²) in [5.41, 5.74) is 25.1. The van der Waals surface area contributed by atoms with Crippen LogP contribution in [-0.4, -0.2) is 0 Å². The van der Waals surface area contributed by atoms with Crippen LogP contribution < -0.4 is 0 Å². The van der Waals surface area contributed by atoms with Gasteiger partial charge in [-0.1, -0.05) is 503 Å². The maximum atomic E-state index is 8.53. The SMILES string of the molecule is [2H]c1c([2H])c([2H])c(-c2ccc3c(-c4ccccc4)c4ccccc4c(-c4ccccc4)c3c2)c([2H])c1[2H].c1ccc(-c2c3ccccc3c(-c3ccc(-c4cc5c6ccccc6c6ccccc6c5c5ccccc45)cc3)c3ccccc23)cc1.c1ccc(-c2ccc(-c3c4ccccc4c(-c4ccc5c(-c6ccccc6)c6ccccc6c(-c6ccccc6)c5c4)c4ccccc34)cc2)cc1. The molecule has 0 N–H and O–H groups in total. The van der Waals surface area contributed by atoms with E-state index < -0.39 is 0 Å². The molecule has 0 aliphatic rings. The first-order valence-electron chi connectivity index (χ1n) is 47.9. The average Bonchev–Trinajstić information content (AvgIpc) is 0.721. The molecule has 0 heteroatoms. The highest BCUT2D eigenvalue weighted by Crippen LogP contribution is 2.52. The summed E-state index contributed by atoms with van der Waals surface area (Å²) in [6, 6.07) is 176. The predicted octanol–water partition coefficient (Wildman–Crippen LogP) is 37.2. The maximum Gasteiger partial charge on any atom is 0.0629 e. The summed E-state index contributed by atoms with van der Waals surface area (Å²) in [6.07, 6.45) is 0. The van der Waals surface area contributed by atoms with Gasteiger partial charge in [-0.05, 0) is 270 Å². The van der Waals surface area contributed by atoms with Crippen LogP contribution in [-0.2, 0) is 0 Å². The highest BCUT2D eigenvalue weighted by atomic mass is 14.3. The van der Waals surface area contributed by atoms with E-state index in [-0.39, 0.29) is 35.8 Å². The third-order valence-corrected chi connectivity index (χ3v) is 26.8. The van der Waals surface area contributed by atoms with E-state index in [0.29, 0.717) is 5.56 Å². The number of hydrogen-bond donors (Lipinski definition) is 0. The number of benzene rings is 26. The molecule has 614 valence electrons. The molecule has 0 aliphatic carbocycles. The van der Waals surface area contributed by atoms with Gasteiger partial charge in [0, 0.05) is 0 Å². The Balaban J connectivity index is 0.000000114. The molecule has 0 aliphatic heterocycles. The molecule has 26 rings (SSSR count). The van der Waals surface area contributed by atoms with Crippen molar-refractivity contribution in [3.8, 4) is 122 Å². The third kappa shape index (κ3) is 13.8. The lowest BCUT2D eigenvalue weighted by Crippen LogP contribution is -1.93. The van der Waals surface area contributed by atoms with Gasteiger partial charge < -0.3 is 0 Å². The highest BCUT2D eigenvalue weighted by molar-refractivity contribution is 6.34. The van der Waals surface area contributed by atoms with Crippen molar-refractivity contribution in [2.24, 2.45) is 0 Å². The van der Waals surface area contributed by atoms with E-state index in [0.717, 1.165) is 43.8 Å². The molecule has 132 heavy (non-hydrogen) atoms. The summed E-state index contributed by atoms with van der Waals surface area (Å²) in [5, 5.41) is 29.9. The lowest BCUT2D eigenvalue weighted by atomic mass is 9.82. The van der Waals surface area contributed by atoms with Gasteiger partial charge in [0.25, 0.3) is 0 Å². The van der Waals surface area contributed by atoms with Crippen molar-refractivity contribution in [3.63, 3.8) is 0 Å². The predicted molar refractivity (Wildman–Crippen MR) is 569 cm³/mol. The summed E-state index contributed by atoms with van der Waals surface area (Å²) < 4.78 is 41.4. The van der Waals surface area contributed by atoms with Gasteiger partial charge in [0.05, 0.1) is 6.85 Å². The largest absolute Gasteiger partial charge is 0.0629 e. The van der Waals surface area contributed by atoms with Crippen LogP contribution >= 0.6 is 0 Å². The summed E-state index contributed by atoms with van der Waals surface area (Å²) in [4.78, 5) is 0. The second-order valence-corrected chi connectivity index (χ2v) is 34.1. The second kappa shape index (κ2) is 33.9. The normalized spacial score (nSPS) is 12.0. The van der Waals surface area contributed by atoms with Crippen LogP contribution in [0.2, 0.25) is 0 Å². The van der Waals surface area contributed by atoms with Crippen molar-refractivity contribution in [1.29, 1.82) is 0 Å². The molecule has 0 saturated heterocycles. The van der Waals surface area contributed by atoms with Crippen molar-refractivity contribution in [1.82, 2.24) is 0 Å². The van der Waals surface area contributed by atoms with Crippen molar-refractivity contribution in [2.45, 2.75) is 0 Å². The van der Waals surface area contributed by atoms with Crippen molar-refractivity contribution < 1.29 is 6.85 Å². The quantitative estimate of drug-likeness (QED) is 0.0894. The van der Waals surface area contributed by atoms with Gasteiger partial charge in [-0.15, -0.1) is 0 Å². The van der Waals surface area contributed by atoms with Crippen LogP contribution in [0.3, 0.4) is 0 Å². The first-order chi connectivity index (χ1) is 67.6. The Bertz CT molecular complexity index is 9130. The molecule has 0 amide bonds. The number of rotatable bonds is 11. The lowest BCUT2D eigenvalue weighted by molar-refractivity contribution is 1.61. The Kier molecular flexibility index (Phi) is 18.7. The van der Waals surface area contributed by atoms with E-state index in [9.17, 15) is 0 Å². The fourth-order valence-corrected chi connectivity index (χ4v) is 21.1. The van der Waals surface area contributed by atoms with E-state index in [1.807, 2.05) is 60.7 Å². The molecule has 0 nitrogen and oxygen atoms in total. The van der Waals surface area contributed by atoms with E-state index in [2.05, 4.69) is 431 Å². The van der Waals surface area contributed by atoms with Crippen molar-refractivity contribution in [3.05, 3.63) is 522 Å². The Hall–Kier alpha value is -17.2. The Labute approximate surface area is 774 Å². The fourth-order valence-electron chi connectivity index (χ4n) is 21.1. The first kappa shape index (κ1) is 72.9. The van der Waals surface area contributed by atoms with Crippen LogP contribution in [0.25, 0.3) is 252 Å². The number of hydrogen-bond acceptors (Lipinski definition) is 0. The molecule has 0 radical (unpaired) electrons. The molecule has 0 atom stereocenters. The van der Waals surface area contributed by atoms with Crippen LogP contribution in [0.5, 0.6) is 0 Å². The Morgan fingerprint density at radius 3 is 0.636 bits per heavy atom. The van der Waals surface area contributed by atoms with Crippen LogP contribution in [0.4, 0.5) is 0 Å². The zero-order valence-electron chi connectivity index (χ0n) is 77.3. The minimum atomic E-state index is -0.387. The minimum Gasteiger partial charge on any atom is -0.0622 e. The third-order valence-electron chi connectivity index (χ3n) is 26.8. The zero-order valence-corrected chi connectivity index (χ0v) is 72.3. The van der Waals surface area contributed by atoms with E-state index >= 15 is 0 Å². The molecule has 0 saturated carbocycles. The topological polar surface area (TPSA) is 0 Å². The summed E-state index contributed by atoms with van der Waals surface area (Å²) in [6.45, 7) is 0. The average molecular weight is 1680 g/mol. The first-order valence-corrected chi connectivity index (χ1v) is 45.4. The smallest absolute Gasteiger partial charge is 0.0622 e. The van der Waals surface area contributed by atoms with Gasteiger partial charge in [-0.3, -0.25) is 0 Å². The van der Waals surface area contributed by atoms with Gasteiger partial charge in [-0.2, -0.15) is 0 Å². The monoisotopic (exact) mass is 1680 g/mol. The van der Waals surface area contributed by atoms with Gasteiger partial charge in [0.1, 0.15) is 0 Å². The van der Waals surface area contributed by atoms with Crippen LogP contribution in [0.1, 0.15) is 6.85 Å². The number of fused-ring (bicyclic) bond motifs is 16. The lowest BCUT2D eigenvalue weighted by Gasteiger charge is -2.21. The molecule has 26 aromatic rings. The molecular weight excluding hydrogens is 1590 g/mol. The zero-order chi connectivity index (χ0) is 91.7. The minimum absolute atomic E-state index is 0.198. The Morgan fingerprint density at radius 2 is 0.303 bits per heavy atom. The standard InChI is InChI=1S/C52H34.C48H30.C32H22/c1-4-16-35(17-5-1)36-28-30-39(31-29-36)50-42-23-11-14-26-45(42)52(46-27-15-12-24-43(46)50)40-32-33-47-48(34-40)51(38-20-8-3-9-21-38)44-25-13-10-22-41(44)49(47)37-18-6-2-7-19-37;1-2-14-32(15-3-1)46-40-22-10-12-24-42(40)47(43-25-13-11-23-41(43)46)33-28-26-31(27-29-33)44-30-45-36-18-5-4-16-34(36)35-17-6-8-20-38(35)48(45)39-21-9-7-19-37(39)44;1-4-12-23(13-5-1)26-20-21-29-30(22-26)32(25-16-8-3-9-17-25)28-19-11-10-18-27(28)31(29)24-14-6-2-7-15-24/h1-34H;1-30H;1-22H/i;;1D,4D,5D,12D,13D. The molecule has 0 bridgehead atoms. The fraction of sp³-hybridized carbons (Fsp3) is 0. The molecule has 0 aromatic heterocycles. The Morgan fingerprint density at radius 1 is 0.106 bits per heavy atom. The van der Waals surface area contributed by atoms with Gasteiger partial charge >= 0.3 is 0 Å². The van der Waals surface area contributed by atoms with Gasteiger partial charge in [0.15, 0.2) is 0 Å². The van der Waals surface area contributed by atoms with Crippen LogP contribution in [0.15, 0.2) is 522 Å². The van der Waals surface area contributed by atoms with E-state index in [1.54, 1.807) is 0 Å². The van der Waals surface area contributed by atoms with E-state index in [4.69, 9.17) is 6.85 Å². The molecule has 0 heterocycles. The maximum absolute atomic E-state index is 8.53. The summed E-state index contributed by atoms with van der Waals surface area (Å²) in [7, 11) is 0. The van der Waals surface area contributed by atoms with Crippen molar-refractivity contribution in [2.75, 3.05) is 0 Å². The molecule has 26 aromatic carbocycles. The second-order valence-electron chi connectivity index (χ2n) is 34.1. The molecule has 0 fully saturated rings. The van der Waals surface area contributed by atoms with Gasteiger partial charge in [0.2, 0.25) is 0 Å². The van der Waals surface area contributed by atoms with E-state index in [1.165, 1.54) is 197 Å². The highest BCUT2D eigenvalue weighted by Gasteiger charge is 2.25. The molecule has 0 spiro atoms.